The van der Waals surface area contributed by atoms with Crippen molar-refractivity contribution in [2.75, 3.05) is 28.2 Å². The molecule has 192 valence electrons. The molecule has 7 nitrogen and oxygen atoms in total. The van der Waals surface area contributed by atoms with Crippen LogP contribution in [-0.4, -0.2) is 42.9 Å². The Balaban J connectivity index is 1.66. The number of amides is 3. The molecule has 0 aromatic heterocycles. The average molecular weight is 511 g/mol. The largest absolute Gasteiger partial charge is 0.364 e. The fourth-order valence-corrected chi connectivity index (χ4v) is 4.99. The van der Waals surface area contributed by atoms with Crippen LogP contribution in [0.15, 0.2) is 48.5 Å². The Kier molecular flexibility index (Phi) is 7.88. The first kappa shape index (κ1) is 26.0. The molecule has 36 heavy (non-hydrogen) atoms. The molecule has 2 N–H and O–H groups in total. The van der Waals surface area contributed by atoms with Crippen LogP contribution in [0.25, 0.3) is 0 Å². The molecule has 1 unspecified atom stereocenters. The summed E-state index contributed by atoms with van der Waals surface area (Å²) in [4.78, 5) is 43.8. The Morgan fingerprint density at radius 3 is 2.25 bits per heavy atom. The molecule has 1 saturated carbocycles. The number of hydrogen-bond acceptors (Lipinski definition) is 4. The smallest absolute Gasteiger partial charge is 0.319 e. The lowest BCUT2D eigenvalue weighted by molar-refractivity contribution is -0.127. The number of rotatable bonds is 5. The number of para-hydroxylation sites is 2. The van der Waals surface area contributed by atoms with Crippen LogP contribution >= 0.6 is 11.6 Å². The van der Waals surface area contributed by atoms with Crippen molar-refractivity contribution in [3.63, 3.8) is 0 Å². The number of hydrogen-bond donors (Lipinski definition) is 2. The SMILES string of the molecule is CC(C)(C)C(=O)CN1C(=O)C(NC(=O)Nc2ccc(Cl)cc2)CN(C2CCCCC2)c2ccccc21. The van der Waals surface area contributed by atoms with Crippen LogP contribution in [0, 0.1) is 5.41 Å². The van der Waals surface area contributed by atoms with E-state index >= 15 is 0 Å². The molecule has 3 amide bonds. The fraction of sp³-hybridized carbons (Fsp3) is 0.464. The molecule has 8 heteroatoms. The van der Waals surface area contributed by atoms with Crippen LogP contribution in [0.4, 0.5) is 21.9 Å². The van der Waals surface area contributed by atoms with Crippen molar-refractivity contribution in [1.82, 2.24) is 5.32 Å². The lowest BCUT2D eigenvalue weighted by Crippen LogP contribution is -2.55. The molecule has 0 saturated heterocycles. The molecule has 2 aliphatic rings. The first-order valence-corrected chi connectivity index (χ1v) is 13.0. The van der Waals surface area contributed by atoms with Gasteiger partial charge >= 0.3 is 6.03 Å². The second-order valence-electron chi connectivity index (χ2n) is 10.7. The summed E-state index contributed by atoms with van der Waals surface area (Å²) in [6, 6.07) is 13.5. The summed E-state index contributed by atoms with van der Waals surface area (Å²) in [6.07, 6.45) is 5.56. The first-order valence-electron chi connectivity index (χ1n) is 12.7. The van der Waals surface area contributed by atoms with E-state index in [0.717, 1.165) is 31.4 Å². The third-order valence-corrected chi connectivity index (χ3v) is 7.24. The maximum absolute atomic E-state index is 13.9. The summed E-state index contributed by atoms with van der Waals surface area (Å²) in [5.41, 5.74) is 1.62. The van der Waals surface area contributed by atoms with Gasteiger partial charge in [0.2, 0.25) is 0 Å². The minimum absolute atomic E-state index is 0.0406. The Labute approximate surface area is 218 Å². The third kappa shape index (κ3) is 6.01. The topological polar surface area (TPSA) is 81.8 Å². The number of Topliss-reactive ketones (excluding diaryl/α,β-unsaturated/α-hetero) is 1. The van der Waals surface area contributed by atoms with E-state index in [4.69, 9.17) is 11.6 Å². The van der Waals surface area contributed by atoms with Gasteiger partial charge in [0.05, 0.1) is 17.9 Å². The Morgan fingerprint density at radius 1 is 0.972 bits per heavy atom. The number of carbonyl (C=O) groups excluding carboxylic acids is 3. The van der Waals surface area contributed by atoms with Crippen LogP contribution in [-0.2, 0) is 9.59 Å². The molecule has 0 spiro atoms. The van der Waals surface area contributed by atoms with E-state index in [1.807, 2.05) is 45.0 Å². The Bertz CT molecular complexity index is 1110. The molecule has 1 atom stereocenters. The molecule has 1 fully saturated rings. The second kappa shape index (κ2) is 10.9. The number of fused-ring (bicyclic) bond motifs is 1. The third-order valence-electron chi connectivity index (χ3n) is 6.99. The molecule has 2 aromatic carbocycles. The zero-order valence-corrected chi connectivity index (χ0v) is 22.0. The van der Waals surface area contributed by atoms with Crippen LogP contribution < -0.4 is 20.4 Å². The van der Waals surface area contributed by atoms with E-state index in [9.17, 15) is 14.4 Å². The summed E-state index contributed by atoms with van der Waals surface area (Å²) in [5.74, 6) is -0.328. The molecule has 4 rings (SSSR count). The summed E-state index contributed by atoms with van der Waals surface area (Å²) in [7, 11) is 0. The number of ketones is 1. The van der Waals surface area contributed by atoms with E-state index in [1.165, 1.54) is 6.42 Å². The zero-order valence-electron chi connectivity index (χ0n) is 21.2. The van der Waals surface area contributed by atoms with Crippen molar-refractivity contribution in [3.8, 4) is 0 Å². The number of nitrogens with one attached hydrogen (secondary N) is 2. The van der Waals surface area contributed by atoms with Gasteiger partial charge in [-0.05, 0) is 49.2 Å². The lowest BCUT2D eigenvalue weighted by atomic mass is 9.90. The zero-order chi connectivity index (χ0) is 25.9. The Hall–Kier alpha value is -3.06. The van der Waals surface area contributed by atoms with Crippen molar-refractivity contribution < 1.29 is 14.4 Å². The van der Waals surface area contributed by atoms with Crippen molar-refractivity contribution >= 4 is 46.4 Å². The van der Waals surface area contributed by atoms with Gasteiger partial charge in [0.25, 0.3) is 5.91 Å². The van der Waals surface area contributed by atoms with E-state index in [-0.39, 0.29) is 24.3 Å². The van der Waals surface area contributed by atoms with Gasteiger partial charge in [-0.25, -0.2) is 4.79 Å². The molecule has 0 bridgehead atoms. The Morgan fingerprint density at radius 2 is 1.61 bits per heavy atom. The van der Waals surface area contributed by atoms with Gasteiger partial charge in [0.15, 0.2) is 5.78 Å². The van der Waals surface area contributed by atoms with E-state index < -0.39 is 17.5 Å². The van der Waals surface area contributed by atoms with Gasteiger partial charge < -0.3 is 20.4 Å². The monoisotopic (exact) mass is 510 g/mol. The minimum atomic E-state index is -0.820. The highest BCUT2D eigenvalue weighted by Crippen LogP contribution is 2.37. The molecule has 0 radical (unpaired) electrons. The summed E-state index contributed by atoms with van der Waals surface area (Å²) < 4.78 is 0. The van der Waals surface area contributed by atoms with Crippen LogP contribution in [0.3, 0.4) is 0 Å². The number of anilines is 3. The molecule has 2 aromatic rings. The summed E-state index contributed by atoms with van der Waals surface area (Å²) in [6.45, 7) is 5.86. The molecule has 1 aliphatic carbocycles. The summed E-state index contributed by atoms with van der Waals surface area (Å²) in [5, 5.41) is 6.25. The minimum Gasteiger partial charge on any atom is -0.364 e. The maximum Gasteiger partial charge on any atom is 0.319 e. The van der Waals surface area contributed by atoms with Crippen molar-refractivity contribution in [3.05, 3.63) is 53.6 Å². The number of halogens is 1. The first-order chi connectivity index (χ1) is 17.1. The predicted molar refractivity (Wildman–Crippen MR) is 145 cm³/mol. The van der Waals surface area contributed by atoms with Gasteiger partial charge in [-0.2, -0.15) is 0 Å². The average Bonchev–Trinajstić information content (AvgIpc) is 2.96. The van der Waals surface area contributed by atoms with Gasteiger partial charge in [-0.1, -0.05) is 63.8 Å². The summed E-state index contributed by atoms with van der Waals surface area (Å²) >= 11 is 5.95. The highest BCUT2D eigenvalue weighted by molar-refractivity contribution is 6.30. The highest BCUT2D eigenvalue weighted by Gasteiger charge is 2.39. The second-order valence-corrected chi connectivity index (χ2v) is 11.1. The number of nitrogens with zero attached hydrogens (tertiary/aromatic N) is 2. The molecular formula is C28H35ClN4O3. The van der Waals surface area contributed by atoms with Gasteiger partial charge in [0.1, 0.15) is 6.04 Å². The molecule has 1 heterocycles. The van der Waals surface area contributed by atoms with E-state index in [2.05, 4.69) is 15.5 Å². The van der Waals surface area contributed by atoms with Crippen molar-refractivity contribution in [2.24, 2.45) is 5.41 Å². The van der Waals surface area contributed by atoms with Gasteiger partial charge in [0, 0.05) is 28.7 Å². The van der Waals surface area contributed by atoms with E-state index in [0.29, 0.717) is 22.9 Å². The maximum atomic E-state index is 13.9. The number of carbonyl (C=O) groups is 3. The van der Waals surface area contributed by atoms with E-state index in [1.54, 1.807) is 29.2 Å². The van der Waals surface area contributed by atoms with Gasteiger partial charge in [-0.15, -0.1) is 0 Å². The van der Waals surface area contributed by atoms with Gasteiger partial charge in [-0.3, -0.25) is 9.59 Å². The molecule has 1 aliphatic heterocycles. The number of urea groups is 1. The number of benzene rings is 2. The van der Waals surface area contributed by atoms with Crippen LogP contribution in [0.2, 0.25) is 5.02 Å². The highest BCUT2D eigenvalue weighted by atomic mass is 35.5. The molecular weight excluding hydrogens is 476 g/mol. The standard InChI is InChI=1S/C28H35ClN4O3/c1-28(2,3)25(34)18-33-24-12-8-7-11-23(24)32(21-9-5-4-6-10-21)17-22(26(33)35)31-27(36)30-20-15-13-19(29)14-16-20/h7-8,11-16,21-22H,4-6,9-10,17-18H2,1-3H3,(H2,30,31,36). The predicted octanol–water partition coefficient (Wildman–Crippen LogP) is 5.63. The van der Waals surface area contributed by atoms with Crippen molar-refractivity contribution in [1.29, 1.82) is 0 Å². The van der Waals surface area contributed by atoms with Crippen LogP contribution in [0.1, 0.15) is 52.9 Å². The van der Waals surface area contributed by atoms with Crippen LogP contribution in [0.5, 0.6) is 0 Å². The van der Waals surface area contributed by atoms with Crippen molar-refractivity contribution in [2.45, 2.75) is 65.0 Å². The lowest BCUT2D eigenvalue weighted by Gasteiger charge is -2.37. The quantitative estimate of drug-likeness (QED) is 0.546. The fourth-order valence-electron chi connectivity index (χ4n) is 4.86. The normalized spacial score (nSPS) is 18.9.